The van der Waals surface area contributed by atoms with Crippen molar-refractivity contribution in [3.63, 3.8) is 0 Å². The Morgan fingerprint density at radius 3 is 1.86 bits per heavy atom. The molecule has 0 heterocycles. The van der Waals surface area contributed by atoms with Crippen LogP contribution in [0.4, 0.5) is 0 Å². The van der Waals surface area contributed by atoms with E-state index in [9.17, 15) is 0 Å². The van der Waals surface area contributed by atoms with Crippen LogP contribution in [0.3, 0.4) is 0 Å². The molecule has 0 saturated heterocycles. The molecule has 0 bridgehead atoms. The van der Waals surface area contributed by atoms with E-state index in [1.165, 1.54) is 39.0 Å². The lowest BCUT2D eigenvalue weighted by molar-refractivity contribution is 0.276. The summed E-state index contributed by atoms with van der Waals surface area (Å²) in [6.07, 6.45) is 2.65. The molecule has 0 aliphatic rings. The van der Waals surface area contributed by atoms with Crippen LogP contribution < -0.4 is 0 Å². The highest BCUT2D eigenvalue weighted by Gasteiger charge is 2.01. The third-order valence-corrected chi connectivity index (χ3v) is 2.55. The largest absolute Gasteiger partial charge is 0.307 e. The lowest BCUT2D eigenvalue weighted by Gasteiger charge is -2.19. The van der Waals surface area contributed by atoms with Crippen molar-refractivity contribution in [2.45, 2.75) is 33.6 Å². The van der Waals surface area contributed by atoms with Gasteiger partial charge in [-0.3, -0.25) is 0 Å². The lowest BCUT2D eigenvalue weighted by Crippen LogP contribution is -2.25. The summed E-state index contributed by atoms with van der Waals surface area (Å²) in [7, 11) is 4.42. The zero-order valence-electron chi connectivity index (χ0n) is 10.7. The SMILES string of the molecule is CCN(C)CCCCN(C)CC(C)C. The van der Waals surface area contributed by atoms with Crippen molar-refractivity contribution in [3.8, 4) is 0 Å². The van der Waals surface area contributed by atoms with Gasteiger partial charge in [0.25, 0.3) is 0 Å². The minimum absolute atomic E-state index is 0.790. The molecule has 0 N–H and O–H groups in total. The summed E-state index contributed by atoms with van der Waals surface area (Å²) in [5.41, 5.74) is 0. The first-order valence-electron chi connectivity index (χ1n) is 5.93. The summed E-state index contributed by atoms with van der Waals surface area (Å²) < 4.78 is 0. The average molecular weight is 200 g/mol. The van der Waals surface area contributed by atoms with Crippen LogP contribution >= 0.6 is 0 Å². The van der Waals surface area contributed by atoms with E-state index in [2.05, 4.69) is 44.7 Å². The molecule has 2 nitrogen and oxygen atoms in total. The van der Waals surface area contributed by atoms with Gasteiger partial charge < -0.3 is 9.80 Å². The maximum absolute atomic E-state index is 2.44. The van der Waals surface area contributed by atoms with Crippen LogP contribution in [-0.4, -0.2) is 50.1 Å². The Hall–Kier alpha value is -0.0800. The van der Waals surface area contributed by atoms with Gasteiger partial charge in [-0.15, -0.1) is 0 Å². The number of rotatable bonds is 8. The highest BCUT2D eigenvalue weighted by atomic mass is 15.1. The van der Waals surface area contributed by atoms with Crippen LogP contribution in [0.25, 0.3) is 0 Å². The van der Waals surface area contributed by atoms with Gasteiger partial charge in [0, 0.05) is 6.54 Å². The Morgan fingerprint density at radius 1 is 0.929 bits per heavy atom. The molecule has 0 unspecified atom stereocenters. The van der Waals surface area contributed by atoms with Gasteiger partial charge in [0.1, 0.15) is 0 Å². The standard InChI is InChI=1S/C12H28N2/c1-6-13(4)9-7-8-10-14(5)11-12(2)3/h12H,6-11H2,1-5H3. The summed E-state index contributed by atoms with van der Waals surface area (Å²) in [4.78, 5) is 4.82. The van der Waals surface area contributed by atoms with Gasteiger partial charge in [0.15, 0.2) is 0 Å². The molecule has 0 fully saturated rings. The molecular formula is C12H28N2. The van der Waals surface area contributed by atoms with E-state index in [4.69, 9.17) is 0 Å². The minimum atomic E-state index is 0.790. The fourth-order valence-corrected chi connectivity index (χ4v) is 1.64. The van der Waals surface area contributed by atoms with Crippen molar-refractivity contribution in [1.29, 1.82) is 0 Å². The van der Waals surface area contributed by atoms with Crippen molar-refractivity contribution in [2.24, 2.45) is 5.92 Å². The molecular weight excluding hydrogens is 172 g/mol. The zero-order valence-corrected chi connectivity index (χ0v) is 10.7. The van der Waals surface area contributed by atoms with E-state index in [-0.39, 0.29) is 0 Å². The van der Waals surface area contributed by atoms with E-state index in [1.807, 2.05) is 0 Å². The molecule has 0 amide bonds. The second-order valence-corrected chi connectivity index (χ2v) is 4.76. The van der Waals surface area contributed by atoms with E-state index in [1.54, 1.807) is 0 Å². The fraction of sp³-hybridized carbons (Fsp3) is 1.00. The predicted octanol–water partition coefficient (Wildman–Crippen LogP) is 2.31. The smallest absolute Gasteiger partial charge is 0.000133 e. The normalized spacial score (nSPS) is 12.0. The molecule has 0 aromatic rings. The van der Waals surface area contributed by atoms with Crippen molar-refractivity contribution >= 4 is 0 Å². The van der Waals surface area contributed by atoms with Gasteiger partial charge in [-0.05, 0) is 52.5 Å². The molecule has 0 radical (unpaired) electrons. The molecule has 0 aliphatic carbocycles. The summed E-state index contributed by atoms with van der Waals surface area (Å²) in [5.74, 6) is 0.790. The van der Waals surface area contributed by atoms with Crippen molar-refractivity contribution in [1.82, 2.24) is 9.80 Å². The van der Waals surface area contributed by atoms with Gasteiger partial charge in [-0.1, -0.05) is 20.8 Å². The Balaban J connectivity index is 3.27. The Morgan fingerprint density at radius 2 is 1.43 bits per heavy atom. The first-order chi connectivity index (χ1) is 6.56. The van der Waals surface area contributed by atoms with Crippen LogP contribution in [0.1, 0.15) is 33.6 Å². The van der Waals surface area contributed by atoms with E-state index >= 15 is 0 Å². The van der Waals surface area contributed by atoms with Gasteiger partial charge in [-0.25, -0.2) is 0 Å². The maximum atomic E-state index is 2.44. The van der Waals surface area contributed by atoms with Crippen LogP contribution in [0, 0.1) is 5.92 Å². The first kappa shape index (κ1) is 13.9. The second kappa shape index (κ2) is 8.25. The fourth-order valence-electron chi connectivity index (χ4n) is 1.64. The highest BCUT2D eigenvalue weighted by molar-refractivity contribution is 4.56. The summed E-state index contributed by atoms with van der Waals surface area (Å²) in [6, 6.07) is 0. The molecule has 2 heteroatoms. The molecule has 0 atom stereocenters. The number of hydrogen-bond donors (Lipinski definition) is 0. The van der Waals surface area contributed by atoms with Crippen molar-refractivity contribution in [3.05, 3.63) is 0 Å². The van der Waals surface area contributed by atoms with Gasteiger partial charge in [0.2, 0.25) is 0 Å². The minimum Gasteiger partial charge on any atom is -0.307 e. The molecule has 0 aromatic heterocycles. The van der Waals surface area contributed by atoms with Gasteiger partial charge in [-0.2, -0.15) is 0 Å². The molecule has 14 heavy (non-hydrogen) atoms. The van der Waals surface area contributed by atoms with E-state index in [0.29, 0.717) is 0 Å². The lowest BCUT2D eigenvalue weighted by atomic mass is 10.2. The first-order valence-corrected chi connectivity index (χ1v) is 5.93. The summed E-state index contributed by atoms with van der Waals surface area (Å²) in [5, 5.41) is 0. The molecule has 0 aromatic carbocycles. The predicted molar refractivity (Wildman–Crippen MR) is 64.7 cm³/mol. The number of hydrogen-bond acceptors (Lipinski definition) is 2. The monoisotopic (exact) mass is 200 g/mol. The van der Waals surface area contributed by atoms with E-state index < -0.39 is 0 Å². The Labute approximate surface area is 90.3 Å². The molecule has 0 spiro atoms. The molecule has 0 saturated carbocycles. The highest BCUT2D eigenvalue weighted by Crippen LogP contribution is 1.99. The topological polar surface area (TPSA) is 6.48 Å². The Bertz CT molecular complexity index is 123. The third kappa shape index (κ3) is 8.52. The van der Waals surface area contributed by atoms with Crippen LogP contribution in [0.5, 0.6) is 0 Å². The summed E-state index contributed by atoms with van der Waals surface area (Å²) >= 11 is 0. The van der Waals surface area contributed by atoms with Crippen LogP contribution in [0.15, 0.2) is 0 Å². The Kier molecular flexibility index (Phi) is 8.20. The van der Waals surface area contributed by atoms with E-state index in [0.717, 1.165) is 5.92 Å². The van der Waals surface area contributed by atoms with Gasteiger partial charge >= 0.3 is 0 Å². The summed E-state index contributed by atoms with van der Waals surface area (Å²) in [6.45, 7) is 11.7. The third-order valence-electron chi connectivity index (χ3n) is 2.55. The van der Waals surface area contributed by atoms with Gasteiger partial charge in [0.05, 0.1) is 0 Å². The number of unbranched alkanes of at least 4 members (excludes halogenated alkanes) is 1. The molecule has 0 aliphatic heterocycles. The molecule has 0 rings (SSSR count). The van der Waals surface area contributed by atoms with Crippen LogP contribution in [-0.2, 0) is 0 Å². The zero-order chi connectivity index (χ0) is 11.0. The quantitative estimate of drug-likeness (QED) is 0.555. The molecule has 86 valence electrons. The van der Waals surface area contributed by atoms with Crippen molar-refractivity contribution in [2.75, 3.05) is 40.3 Å². The number of nitrogens with zero attached hydrogens (tertiary/aromatic N) is 2. The van der Waals surface area contributed by atoms with Crippen LogP contribution in [0.2, 0.25) is 0 Å². The maximum Gasteiger partial charge on any atom is 0.000133 e. The average Bonchev–Trinajstić information content (AvgIpc) is 2.10. The van der Waals surface area contributed by atoms with Crippen molar-refractivity contribution < 1.29 is 0 Å². The second-order valence-electron chi connectivity index (χ2n) is 4.76.